The molecule has 3 amide bonds. The van der Waals surface area contributed by atoms with E-state index in [0.717, 1.165) is 24.2 Å². The van der Waals surface area contributed by atoms with Crippen molar-refractivity contribution in [2.75, 3.05) is 46.9 Å². The van der Waals surface area contributed by atoms with E-state index in [4.69, 9.17) is 9.72 Å². The van der Waals surface area contributed by atoms with E-state index in [2.05, 4.69) is 20.1 Å². The van der Waals surface area contributed by atoms with Gasteiger partial charge >= 0.3 is 0 Å². The van der Waals surface area contributed by atoms with Crippen LogP contribution in [0.3, 0.4) is 0 Å². The Morgan fingerprint density at radius 2 is 1.81 bits per heavy atom. The fourth-order valence-corrected chi connectivity index (χ4v) is 4.88. The van der Waals surface area contributed by atoms with E-state index < -0.39 is 11.5 Å². The number of morpholine rings is 1. The molecule has 0 saturated carbocycles. The summed E-state index contributed by atoms with van der Waals surface area (Å²) in [6.07, 6.45) is 0.906. The molecule has 1 atom stereocenters. The molecule has 1 aromatic carbocycles. The van der Waals surface area contributed by atoms with Crippen LogP contribution < -0.4 is 10.6 Å². The lowest BCUT2D eigenvalue weighted by molar-refractivity contribution is -0.124. The van der Waals surface area contributed by atoms with Gasteiger partial charge in [0.1, 0.15) is 11.9 Å². The minimum atomic E-state index is -0.719. The first-order valence-corrected chi connectivity index (χ1v) is 12.9. The Hall–Kier alpha value is -3.24. The highest BCUT2D eigenvalue weighted by atomic mass is 16.5. The lowest BCUT2D eigenvalue weighted by atomic mass is 9.86. The largest absolute Gasteiger partial charge is 0.378 e. The van der Waals surface area contributed by atoms with Crippen LogP contribution in [0.2, 0.25) is 0 Å². The summed E-state index contributed by atoms with van der Waals surface area (Å²) >= 11 is 0. The second-order valence-corrected chi connectivity index (χ2v) is 10.8. The van der Waals surface area contributed by atoms with Gasteiger partial charge in [0.05, 0.1) is 18.9 Å². The number of fused-ring (bicyclic) bond motifs is 1. The number of imidazole rings is 1. The number of carbonyl (C=O) groups is 3. The van der Waals surface area contributed by atoms with Crippen LogP contribution in [0.4, 0.5) is 0 Å². The van der Waals surface area contributed by atoms with Gasteiger partial charge in [-0.05, 0) is 37.6 Å². The lowest BCUT2D eigenvalue weighted by Gasteiger charge is -2.29. The number of amides is 3. The molecule has 0 aliphatic carbocycles. The molecule has 1 aromatic heterocycles. The summed E-state index contributed by atoms with van der Waals surface area (Å²) in [5, 5.41) is 5.58. The van der Waals surface area contributed by atoms with Crippen LogP contribution in [0, 0.1) is 5.41 Å². The molecule has 4 rings (SSSR count). The van der Waals surface area contributed by atoms with Gasteiger partial charge in [0.2, 0.25) is 5.91 Å². The number of nitrogens with one attached hydrogen (secondary N) is 2. The van der Waals surface area contributed by atoms with Crippen LogP contribution in [-0.4, -0.2) is 90.1 Å². The third-order valence-electron chi connectivity index (χ3n) is 6.94. The van der Waals surface area contributed by atoms with Crippen LogP contribution in [-0.2, 0) is 22.6 Å². The van der Waals surface area contributed by atoms with E-state index in [9.17, 15) is 14.4 Å². The van der Waals surface area contributed by atoms with Crippen molar-refractivity contribution in [3.8, 4) is 11.4 Å². The van der Waals surface area contributed by atoms with Crippen LogP contribution in [0.1, 0.15) is 53.7 Å². The van der Waals surface area contributed by atoms with E-state index in [1.807, 2.05) is 52.1 Å². The van der Waals surface area contributed by atoms with E-state index in [-0.39, 0.29) is 17.7 Å². The highest BCUT2D eigenvalue weighted by molar-refractivity contribution is 5.98. The monoisotopic (exact) mass is 510 g/mol. The van der Waals surface area contributed by atoms with E-state index in [0.29, 0.717) is 56.5 Å². The first-order chi connectivity index (χ1) is 17.6. The molecule has 37 heavy (non-hydrogen) atoms. The molecule has 2 N–H and O–H groups in total. The molecule has 0 spiro atoms. The predicted molar refractivity (Wildman–Crippen MR) is 140 cm³/mol. The number of nitrogens with zero attached hydrogens (tertiary/aromatic N) is 4. The number of likely N-dealkylation sites (N-methyl/N-ethyl adjacent to an activating group) is 1. The molecule has 0 radical (unpaired) electrons. The summed E-state index contributed by atoms with van der Waals surface area (Å²) in [6, 6.07) is 6.72. The van der Waals surface area contributed by atoms with Crippen molar-refractivity contribution in [3.05, 3.63) is 41.2 Å². The van der Waals surface area contributed by atoms with Gasteiger partial charge in [-0.1, -0.05) is 32.9 Å². The summed E-state index contributed by atoms with van der Waals surface area (Å²) in [7, 11) is 3.59. The smallest absolute Gasteiger partial charge is 0.272 e. The minimum Gasteiger partial charge on any atom is -0.378 e. The first-order valence-electron chi connectivity index (χ1n) is 12.9. The van der Waals surface area contributed by atoms with E-state index in [1.165, 1.54) is 0 Å². The van der Waals surface area contributed by atoms with Crippen molar-refractivity contribution in [2.45, 2.75) is 46.3 Å². The molecule has 10 heteroatoms. The van der Waals surface area contributed by atoms with Crippen molar-refractivity contribution < 1.29 is 19.1 Å². The lowest BCUT2D eigenvalue weighted by Crippen LogP contribution is -2.53. The fourth-order valence-electron chi connectivity index (χ4n) is 4.88. The first kappa shape index (κ1) is 26.8. The zero-order valence-electron chi connectivity index (χ0n) is 22.5. The quantitative estimate of drug-likeness (QED) is 0.635. The zero-order chi connectivity index (χ0) is 26.7. The molecule has 2 aliphatic heterocycles. The SMILES string of the molecule is CNC(=O)[C@@H](NC(=O)c1nc(-c2cccc(C(=O)N3CCOCC3)c2)n2c1CN(C)CCC2)C(C)(C)C. The van der Waals surface area contributed by atoms with Gasteiger partial charge in [-0.3, -0.25) is 14.4 Å². The van der Waals surface area contributed by atoms with Crippen molar-refractivity contribution in [1.29, 1.82) is 0 Å². The second-order valence-electron chi connectivity index (χ2n) is 10.8. The summed E-state index contributed by atoms with van der Waals surface area (Å²) in [4.78, 5) is 48.1. The molecular formula is C27H38N6O4. The second kappa shape index (κ2) is 11.0. The van der Waals surface area contributed by atoms with Crippen molar-refractivity contribution in [3.63, 3.8) is 0 Å². The molecule has 1 fully saturated rings. The Morgan fingerprint density at radius 1 is 1.08 bits per heavy atom. The van der Waals surface area contributed by atoms with E-state index in [1.54, 1.807) is 11.9 Å². The number of hydrogen-bond acceptors (Lipinski definition) is 6. The van der Waals surface area contributed by atoms with Gasteiger partial charge in [0.25, 0.3) is 11.8 Å². The van der Waals surface area contributed by atoms with Crippen molar-refractivity contribution in [1.82, 2.24) is 30.0 Å². The Bertz CT molecular complexity index is 1160. The molecular weight excluding hydrogens is 472 g/mol. The normalized spacial score (nSPS) is 17.5. The van der Waals surface area contributed by atoms with Gasteiger partial charge in [-0.25, -0.2) is 4.98 Å². The van der Waals surface area contributed by atoms with Gasteiger partial charge < -0.3 is 29.7 Å². The molecule has 200 valence electrons. The number of hydrogen-bond donors (Lipinski definition) is 2. The third-order valence-corrected chi connectivity index (χ3v) is 6.94. The number of rotatable bonds is 5. The Morgan fingerprint density at radius 3 is 2.49 bits per heavy atom. The van der Waals surface area contributed by atoms with Gasteiger partial charge in [0.15, 0.2) is 5.69 Å². The van der Waals surface area contributed by atoms with Crippen LogP contribution in [0.15, 0.2) is 24.3 Å². The molecule has 0 bridgehead atoms. The summed E-state index contributed by atoms with van der Waals surface area (Å²) in [5.41, 5.74) is 2.00. The van der Waals surface area contributed by atoms with Gasteiger partial charge in [-0.2, -0.15) is 0 Å². The Labute approximate surface area is 218 Å². The maximum Gasteiger partial charge on any atom is 0.272 e. The average Bonchev–Trinajstić information content (AvgIpc) is 3.12. The van der Waals surface area contributed by atoms with Crippen LogP contribution >= 0.6 is 0 Å². The highest BCUT2D eigenvalue weighted by Gasteiger charge is 2.34. The average molecular weight is 511 g/mol. The summed E-state index contributed by atoms with van der Waals surface area (Å²) in [6.45, 7) is 10.1. The van der Waals surface area contributed by atoms with Crippen molar-refractivity contribution in [2.24, 2.45) is 5.41 Å². The van der Waals surface area contributed by atoms with Gasteiger partial charge in [-0.15, -0.1) is 0 Å². The maximum absolute atomic E-state index is 13.6. The topological polar surface area (TPSA) is 109 Å². The summed E-state index contributed by atoms with van der Waals surface area (Å²) < 4.78 is 7.47. The van der Waals surface area contributed by atoms with Gasteiger partial charge in [0, 0.05) is 44.4 Å². The van der Waals surface area contributed by atoms with Crippen LogP contribution in [0.25, 0.3) is 11.4 Å². The predicted octanol–water partition coefficient (Wildman–Crippen LogP) is 1.75. The molecule has 2 aliphatic rings. The number of benzene rings is 1. The Balaban J connectivity index is 1.72. The van der Waals surface area contributed by atoms with Crippen LogP contribution in [0.5, 0.6) is 0 Å². The van der Waals surface area contributed by atoms with E-state index >= 15 is 0 Å². The molecule has 10 nitrogen and oxygen atoms in total. The number of carbonyl (C=O) groups excluding carboxylic acids is 3. The minimum absolute atomic E-state index is 0.0379. The molecule has 0 unspecified atom stereocenters. The maximum atomic E-state index is 13.6. The third kappa shape index (κ3) is 5.86. The zero-order valence-corrected chi connectivity index (χ0v) is 22.5. The Kier molecular flexibility index (Phi) is 7.99. The molecule has 1 saturated heterocycles. The standard InChI is InChI=1S/C27H38N6O4/c1-27(2,3)22(25(35)28-4)30-24(34)21-20-17-31(5)10-7-11-33(20)23(29-21)18-8-6-9-19(16-18)26(36)32-12-14-37-15-13-32/h6,8-9,16,22H,7,10-15,17H2,1-5H3,(H,28,35)(H,30,34)/t22-/m1/s1. The molecule has 3 heterocycles. The number of aromatic nitrogens is 2. The number of ether oxygens (including phenoxy) is 1. The summed E-state index contributed by atoms with van der Waals surface area (Å²) in [5.74, 6) is -0.0180. The fraction of sp³-hybridized carbons (Fsp3) is 0.556. The highest BCUT2D eigenvalue weighted by Crippen LogP contribution is 2.28. The molecule has 2 aromatic rings. The van der Waals surface area contributed by atoms with Crippen molar-refractivity contribution >= 4 is 17.7 Å².